The van der Waals surface area contributed by atoms with Crippen LogP contribution in [0.5, 0.6) is 5.75 Å². The van der Waals surface area contributed by atoms with Gasteiger partial charge < -0.3 is 15.4 Å². The van der Waals surface area contributed by atoms with Crippen molar-refractivity contribution >= 4 is 11.6 Å². The molecular weight excluding hydrogens is 228 g/mol. The summed E-state index contributed by atoms with van der Waals surface area (Å²) in [5, 5.41) is 6.19. The lowest BCUT2D eigenvalue weighted by molar-refractivity contribution is -0.117. The van der Waals surface area contributed by atoms with E-state index in [1.54, 1.807) is 7.11 Å². The lowest BCUT2D eigenvalue weighted by Crippen LogP contribution is -2.34. The molecule has 0 saturated carbocycles. The van der Waals surface area contributed by atoms with E-state index in [9.17, 15) is 4.79 Å². The monoisotopic (exact) mass is 248 g/mol. The van der Waals surface area contributed by atoms with E-state index in [4.69, 9.17) is 4.74 Å². The quantitative estimate of drug-likeness (QED) is 0.863. The molecule has 1 aromatic carbocycles. The summed E-state index contributed by atoms with van der Waals surface area (Å²) in [6.07, 6.45) is 0. The molecule has 1 atom stereocenters. The minimum atomic E-state index is -0.283. The Morgan fingerprint density at radius 1 is 1.39 bits per heavy atom. The zero-order valence-corrected chi connectivity index (χ0v) is 11.3. The number of methoxy groups -OCH3 is 1. The molecule has 0 radical (unpaired) electrons. The first-order valence-corrected chi connectivity index (χ1v) is 6.13. The van der Waals surface area contributed by atoms with Gasteiger partial charge in [-0.3, -0.25) is 4.79 Å². The molecule has 1 unspecified atom stereocenters. The maximum atomic E-state index is 11.9. The van der Waals surface area contributed by atoms with E-state index >= 15 is 0 Å². The third-order valence-corrected chi connectivity index (χ3v) is 2.93. The molecule has 1 heterocycles. The number of carbonyl (C=O) groups is 1. The number of amides is 1. The number of anilines is 1. The van der Waals surface area contributed by atoms with Crippen LogP contribution in [0.3, 0.4) is 0 Å². The summed E-state index contributed by atoms with van der Waals surface area (Å²) in [5.41, 5.74) is 1.97. The third kappa shape index (κ3) is 2.64. The van der Waals surface area contributed by atoms with E-state index in [1.165, 1.54) is 0 Å². The van der Waals surface area contributed by atoms with Crippen molar-refractivity contribution in [2.75, 3.05) is 19.0 Å². The van der Waals surface area contributed by atoms with Crippen molar-refractivity contribution in [3.8, 4) is 5.75 Å². The van der Waals surface area contributed by atoms with Crippen LogP contribution in [0.25, 0.3) is 0 Å². The number of hydrogen-bond acceptors (Lipinski definition) is 3. The summed E-state index contributed by atoms with van der Waals surface area (Å²) in [6.45, 7) is 7.19. The van der Waals surface area contributed by atoms with Gasteiger partial charge in [-0.2, -0.15) is 0 Å². The maximum absolute atomic E-state index is 11.9. The van der Waals surface area contributed by atoms with Crippen LogP contribution in [-0.2, 0) is 4.79 Å². The molecule has 98 valence electrons. The molecule has 2 N–H and O–H groups in total. The Hall–Kier alpha value is -1.55. The normalized spacial score (nSPS) is 18.4. The van der Waals surface area contributed by atoms with Gasteiger partial charge in [0.05, 0.1) is 7.11 Å². The van der Waals surface area contributed by atoms with E-state index in [-0.39, 0.29) is 17.4 Å². The molecule has 0 spiro atoms. The molecule has 1 aliphatic heterocycles. The number of nitrogens with one attached hydrogen (secondary N) is 2. The Labute approximate surface area is 108 Å². The number of benzene rings is 1. The van der Waals surface area contributed by atoms with Gasteiger partial charge in [0, 0.05) is 17.8 Å². The van der Waals surface area contributed by atoms with Crippen molar-refractivity contribution in [1.29, 1.82) is 0 Å². The van der Waals surface area contributed by atoms with Crippen molar-refractivity contribution in [2.45, 2.75) is 26.8 Å². The number of hydrogen-bond donors (Lipinski definition) is 2. The Morgan fingerprint density at radius 3 is 2.72 bits per heavy atom. The van der Waals surface area contributed by atoms with Gasteiger partial charge in [0.15, 0.2) is 0 Å². The van der Waals surface area contributed by atoms with Crippen LogP contribution < -0.4 is 15.4 Å². The van der Waals surface area contributed by atoms with E-state index in [0.29, 0.717) is 0 Å². The molecule has 4 heteroatoms. The standard InChI is InChI=1S/C14H20N2O2/c1-14(2,3)8-15-12-10-7-9(18-4)5-6-11(10)16-13(12)17/h5-7,12,15H,8H2,1-4H3,(H,16,17). The van der Waals surface area contributed by atoms with Gasteiger partial charge in [-0.15, -0.1) is 0 Å². The molecule has 2 rings (SSSR count). The molecule has 1 aliphatic rings. The van der Waals surface area contributed by atoms with Gasteiger partial charge in [-0.05, 0) is 23.6 Å². The van der Waals surface area contributed by atoms with Crippen molar-refractivity contribution in [3.63, 3.8) is 0 Å². The average Bonchev–Trinajstić information content (AvgIpc) is 2.60. The SMILES string of the molecule is COc1ccc2c(c1)C(NCC(C)(C)C)C(=O)N2. The second kappa shape index (κ2) is 4.61. The highest BCUT2D eigenvalue weighted by Crippen LogP contribution is 2.34. The second-order valence-corrected chi connectivity index (χ2v) is 5.82. The number of fused-ring (bicyclic) bond motifs is 1. The van der Waals surface area contributed by atoms with Gasteiger partial charge in [-0.25, -0.2) is 0 Å². The fraction of sp³-hybridized carbons (Fsp3) is 0.500. The van der Waals surface area contributed by atoms with Crippen molar-refractivity contribution in [3.05, 3.63) is 23.8 Å². The zero-order chi connectivity index (χ0) is 13.3. The summed E-state index contributed by atoms with van der Waals surface area (Å²) in [4.78, 5) is 11.9. The highest BCUT2D eigenvalue weighted by molar-refractivity contribution is 6.02. The molecule has 0 bridgehead atoms. The largest absolute Gasteiger partial charge is 0.497 e. The van der Waals surface area contributed by atoms with Crippen molar-refractivity contribution in [2.24, 2.45) is 5.41 Å². The molecular formula is C14H20N2O2. The third-order valence-electron chi connectivity index (χ3n) is 2.93. The van der Waals surface area contributed by atoms with Gasteiger partial charge in [0.25, 0.3) is 0 Å². The number of ether oxygens (including phenoxy) is 1. The number of rotatable bonds is 3. The van der Waals surface area contributed by atoms with Crippen LogP contribution in [0.2, 0.25) is 0 Å². The molecule has 18 heavy (non-hydrogen) atoms. The summed E-state index contributed by atoms with van der Waals surface area (Å²) in [7, 11) is 1.63. The fourth-order valence-electron chi connectivity index (χ4n) is 1.98. The summed E-state index contributed by atoms with van der Waals surface area (Å²) >= 11 is 0. The average molecular weight is 248 g/mol. The maximum Gasteiger partial charge on any atom is 0.246 e. The van der Waals surface area contributed by atoms with Crippen LogP contribution in [-0.4, -0.2) is 19.6 Å². The van der Waals surface area contributed by atoms with E-state index in [0.717, 1.165) is 23.5 Å². The zero-order valence-electron chi connectivity index (χ0n) is 11.3. The van der Waals surface area contributed by atoms with Gasteiger partial charge in [0.1, 0.15) is 11.8 Å². The van der Waals surface area contributed by atoms with Crippen LogP contribution in [0.4, 0.5) is 5.69 Å². The molecule has 0 aliphatic carbocycles. The molecule has 0 saturated heterocycles. The first kappa shape index (κ1) is 12.9. The van der Waals surface area contributed by atoms with Gasteiger partial charge >= 0.3 is 0 Å². The van der Waals surface area contributed by atoms with Crippen LogP contribution in [0.15, 0.2) is 18.2 Å². The van der Waals surface area contributed by atoms with Crippen LogP contribution in [0, 0.1) is 5.41 Å². The predicted octanol–water partition coefficient (Wildman–Crippen LogP) is 2.32. The van der Waals surface area contributed by atoms with Crippen molar-refractivity contribution in [1.82, 2.24) is 5.32 Å². The van der Waals surface area contributed by atoms with Gasteiger partial charge in [-0.1, -0.05) is 20.8 Å². The smallest absolute Gasteiger partial charge is 0.246 e. The first-order chi connectivity index (χ1) is 8.40. The van der Waals surface area contributed by atoms with Crippen molar-refractivity contribution < 1.29 is 9.53 Å². The summed E-state index contributed by atoms with van der Waals surface area (Å²) in [5.74, 6) is 0.773. The highest BCUT2D eigenvalue weighted by atomic mass is 16.5. The van der Waals surface area contributed by atoms with E-state index < -0.39 is 0 Å². The molecule has 1 amide bonds. The lowest BCUT2D eigenvalue weighted by atomic mass is 9.96. The Morgan fingerprint density at radius 2 is 2.11 bits per heavy atom. The minimum absolute atomic E-state index is 0.00232. The van der Waals surface area contributed by atoms with Crippen LogP contribution >= 0.6 is 0 Å². The van der Waals surface area contributed by atoms with E-state index in [2.05, 4.69) is 31.4 Å². The van der Waals surface area contributed by atoms with E-state index in [1.807, 2.05) is 18.2 Å². The highest BCUT2D eigenvalue weighted by Gasteiger charge is 2.31. The Bertz CT molecular complexity index is 463. The summed E-state index contributed by atoms with van der Waals surface area (Å²) < 4.78 is 5.20. The fourth-order valence-corrected chi connectivity index (χ4v) is 1.98. The summed E-state index contributed by atoms with van der Waals surface area (Å²) in [6, 6.07) is 5.36. The Kier molecular flexibility index (Phi) is 3.30. The predicted molar refractivity (Wildman–Crippen MR) is 71.8 cm³/mol. The Balaban J connectivity index is 2.21. The minimum Gasteiger partial charge on any atom is -0.497 e. The molecule has 0 aromatic heterocycles. The molecule has 1 aromatic rings. The van der Waals surface area contributed by atoms with Gasteiger partial charge in [0.2, 0.25) is 5.91 Å². The van der Waals surface area contributed by atoms with Crippen LogP contribution in [0.1, 0.15) is 32.4 Å². The first-order valence-electron chi connectivity index (χ1n) is 6.13. The number of carbonyl (C=O) groups excluding carboxylic acids is 1. The molecule has 0 fully saturated rings. The topological polar surface area (TPSA) is 50.4 Å². The lowest BCUT2D eigenvalue weighted by Gasteiger charge is -2.21. The molecule has 4 nitrogen and oxygen atoms in total. The second-order valence-electron chi connectivity index (χ2n) is 5.82.